The highest BCUT2D eigenvalue weighted by molar-refractivity contribution is 9.10. The summed E-state index contributed by atoms with van der Waals surface area (Å²) in [7, 11) is 0. The van der Waals surface area contributed by atoms with Crippen LogP contribution in [0.4, 0.5) is 0 Å². The molecule has 0 atom stereocenters. The molecule has 0 aliphatic heterocycles. The van der Waals surface area contributed by atoms with Crippen molar-refractivity contribution in [3.05, 3.63) is 40.3 Å². The number of nitrogens with zero attached hydrogens (tertiary/aromatic N) is 1. The number of nitrogens with one attached hydrogen (secondary N) is 2. The van der Waals surface area contributed by atoms with Crippen LogP contribution in [0.1, 0.15) is 32.3 Å². The van der Waals surface area contributed by atoms with Crippen LogP contribution in [0.3, 0.4) is 0 Å². The molecule has 1 heterocycles. The lowest BCUT2D eigenvalue weighted by molar-refractivity contribution is 0.418. The van der Waals surface area contributed by atoms with Crippen LogP contribution in [0.2, 0.25) is 0 Å². The molecule has 0 aliphatic carbocycles. The Morgan fingerprint density at radius 2 is 2.05 bits per heavy atom. The summed E-state index contributed by atoms with van der Waals surface area (Å²) in [5.74, 6) is 0.974. The molecule has 19 heavy (non-hydrogen) atoms. The van der Waals surface area contributed by atoms with E-state index in [0.29, 0.717) is 0 Å². The summed E-state index contributed by atoms with van der Waals surface area (Å²) in [6, 6.07) is 8.22. The monoisotopic (exact) mass is 321 g/mol. The fourth-order valence-corrected chi connectivity index (χ4v) is 2.27. The molecule has 0 fully saturated rings. The molecule has 0 saturated heterocycles. The summed E-state index contributed by atoms with van der Waals surface area (Å²) >= 11 is 3.50. The van der Waals surface area contributed by atoms with Crippen LogP contribution < -0.4 is 5.32 Å². The smallest absolute Gasteiger partial charge is 0.121 e. The van der Waals surface area contributed by atoms with Crippen molar-refractivity contribution in [2.75, 3.05) is 0 Å². The van der Waals surface area contributed by atoms with E-state index in [1.807, 2.05) is 12.1 Å². The standard InChI is InChI=1S/C15H20BrN3/c1-10-14(11-6-5-7-12(16)8-11)19-13(18-10)9-17-15(2,3)4/h5-8,17H,9H2,1-4H3,(H,18,19). The zero-order chi connectivity index (χ0) is 14.0. The lowest BCUT2D eigenvalue weighted by atomic mass is 10.1. The van der Waals surface area contributed by atoms with Gasteiger partial charge in [0, 0.05) is 21.3 Å². The first kappa shape index (κ1) is 14.3. The van der Waals surface area contributed by atoms with Crippen LogP contribution in [0, 0.1) is 6.92 Å². The number of hydrogen-bond acceptors (Lipinski definition) is 2. The molecule has 1 aromatic heterocycles. The van der Waals surface area contributed by atoms with Gasteiger partial charge in [-0.15, -0.1) is 0 Å². The normalized spacial score (nSPS) is 11.8. The van der Waals surface area contributed by atoms with Gasteiger partial charge in [0.1, 0.15) is 5.82 Å². The summed E-state index contributed by atoms with van der Waals surface area (Å²) in [5, 5.41) is 3.44. The number of halogens is 1. The third kappa shape index (κ3) is 3.91. The fraction of sp³-hybridized carbons (Fsp3) is 0.400. The molecular formula is C15H20BrN3. The second kappa shape index (κ2) is 5.47. The lowest BCUT2D eigenvalue weighted by Crippen LogP contribution is -2.35. The zero-order valence-electron chi connectivity index (χ0n) is 11.8. The Morgan fingerprint density at radius 1 is 1.32 bits per heavy atom. The fourth-order valence-electron chi connectivity index (χ4n) is 1.87. The number of hydrogen-bond donors (Lipinski definition) is 2. The summed E-state index contributed by atoms with van der Waals surface area (Å²) < 4.78 is 1.07. The molecule has 0 amide bonds. The zero-order valence-corrected chi connectivity index (χ0v) is 13.4. The van der Waals surface area contributed by atoms with Gasteiger partial charge in [-0.1, -0.05) is 28.1 Å². The third-order valence-corrected chi connectivity index (χ3v) is 3.31. The Kier molecular flexibility index (Phi) is 4.11. The van der Waals surface area contributed by atoms with Gasteiger partial charge in [0.25, 0.3) is 0 Å². The number of aromatic amines is 1. The van der Waals surface area contributed by atoms with Gasteiger partial charge < -0.3 is 10.3 Å². The van der Waals surface area contributed by atoms with Gasteiger partial charge >= 0.3 is 0 Å². The van der Waals surface area contributed by atoms with Crippen LogP contribution in [0.25, 0.3) is 11.3 Å². The molecule has 3 nitrogen and oxygen atoms in total. The van der Waals surface area contributed by atoms with Crippen molar-refractivity contribution in [3.8, 4) is 11.3 Å². The number of imidazole rings is 1. The van der Waals surface area contributed by atoms with Crippen LogP contribution in [-0.2, 0) is 6.54 Å². The Hall–Kier alpha value is -1.13. The third-order valence-electron chi connectivity index (χ3n) is 2.82. The minimum atomic E-state index is 0.0939. The Bertz CT molecular complexity index is 567. The maximum atomic E-state index is 4.69. The van der Waals surface area contributed by atoms with E-state index in [9.17, 15) is 0 Å². The van der Waals surface area contributed by atoms with Gasteiger partial charge in [-0.2, -0.15) is 0 Å². The minimum absolute atomic E-state index is 0.0939. The van der Waals surface area contributed by atoms with E-state index in [-0.39, 0.29) is 5.54 Å². The second-order valence-electron chi connectivity index (χ2n) is 5.77. The Balaban J connectivity index is 2.22. The number of aromatic nitrogens is 2. The quantitative estimate of drug-likeness (QED) is 0.895. The molecule has 4 heteroatoms. The van der Waals surface area contributed by atoms with Gasteiger partial charge in [-0.3, -0.25) is 0 Å². The molecule has 0 bridgehead atoms. The molecule has 2 rings (SSSR count). The van der Waals surface area contributed by atoms with Crippen LogP contribution in [0.5, 0.6) is 0 Å². The highest BCUT2D eigenvalue weighted by atomic mass is 79.9. The number of rotatable bonds is 3. The van der Waals surface area contributed by atoms with Crippen molar-refractivity contribution >= 4 is 15.9 Å². The molecule has 102 valence electrons. The number of aryl methyl sites for hydroxylation is 1. The van der Waals surface area contributed by atoms with Crippen LogP contribution >= 0.6 is 15.9 Å². The average molecular weight is 322 g/mol. The van der Waals surface area contributed by atoms with Gasteiger partial charge in [0.2, 0.25) is 0 Å². The lowest BCUT2D eigenvalue weighted by Gasteiger charge is -2.19. The van der Waals surface area contributed by atoms with Crippen LogP contribution in [0.15, 0.2) is 28.7 Å². The van der Waals surface area contributed by atoms with Crippen LogP contribution in [-0.4, -0.2) is 15.5 Å². The molecule has 0 aliphatic rings. The number of benzene rings is 1. The summed E-state index contributed by atoms with van der Waals surface area (Å²) in [6.45, 7) is 9.26. The maximum absolute atomic E-state index is 4.69. The largest absolute Gasteiger partial charge is 0.344 e. The van der Waals surface area contributed by atoms with Gasteiger partial charge in [0.15, 0.2) is 0 Å². The van der Waals surface area contributed by atoms with E-state index in [1.54, 1.807) is 0 Å². The van der Waals surface area contributed by atoms with Crippen molar-refractivity contribution in [1.82, 2.24) is 15.3 Å². The first-order valence-electron chi connectivity index (χ1n) is 6.41. The van der Waals surface area contributed by atoms with Gasteiger partial charge in [0.05, 0.1) is 12.2 Å². The van der Waals surface area contributed by atoms with Crippen molar-refractivity contribution in [2.45, 2.75) is 39.8 Å². The Morgan fingerprint density at radius 3 is 2.68 bits per heavy atom. The van der Waals surface area contributed by atoms with E-state index in [2.05, 4.69) is 71.0 Å². The van der Waals surface area contributed by atoms with Crippen molar-refractivity contribution < 1.29 is 0 Å². The topological polar surface area (TPSA) is 40.7 Å². The van der Waals surface area contributed by atoms with Gasteiger partial charge in [-0.25, -0.2) is 4.98 Å². The average Bonchev–Trinajstić information content (AvgIpc) is 2.67. The summed E-state index contributed by atoms with van der Waals surface area (Å²) in [4.78, 5) is 8.03. The van der Waals surface area contributed by atoms with E-state index in [1.165, 1.54) is 0 Å². The van der Waals surface area contributed by atoms with Crippen molar-refractivity contribution in [2.24, 2.45) is 0 Å². The first-order valence-corrected chi connectivity index (χ1v) is 7.21. The van der Waals surface area contributed by atoms with E-state index >= 15 is 0 Å². The van der Waals surface area contributed by atoms with Crippen molar-refractivity contribution in [3.63, 3.8) is 0 Å². The molecule has 0 saturated carbocycles. The Labute approximate surface area is 123 Å². The highest BCUT2D eigenvalue weighted by Gasteiger charge is 2.12. The molecule has 1 aromatic carbocycles. The predicted molar refractivity (Wildman–Crippen MR) is 83.1 cm³/mol. The summed E-state index contributed by atoms with van der Waals surface area (Å²) in [6.07, 6.45) is 0. The predicted octanol–water partition coefficient (Wildman–Crippen LogP) is 4.04. The van der Waals surface area contributed by atoms with E-state index in [4.69, 9.17) is 0 Å². The molecule has 0 spiro atoms. The molecular weight excluding hydrogens is 302 g/mol. The maximum Gasteiger partial charge on any atom is 0.121 e. The minimum Gasteiger partial charge on any atom is -0.344 e. The highest BCUT2D eigenvalue weighted by Crippen LogP contribution is 2.24. The second-order valence-corrected chi connectivity index (χ2v) is 6.69. The SMILES string of the molecule is Cc1[nH]c(CNC(C)(C)C)nc1-c1cccc(Br)c1. The summed E-state index contributed by atoms with van der Waals surface area (Å²) in [5.41, 5.74) is 3.34. The molecule has 0 radical (unpaired) electrons. The van der Waals surface area contributed by atoms with Gasteiger partial charge in [-0.05, 0) is 39.8 Å². The molecule has 2 aromatic rings. The molecule has 0 unspecified atom stereocenters. The van der Waals surface area contributed by atoms with E-state index < -0.39 is 0 Å². The first-order chi connectivity index (χ1) is 8.85. The number of H-pyrrole nitrogens is 1. The van der Waals surface area contributed by atoms with E-state index in [0.717, 1.165) is 33.8 Å². The molecule has 2 N–H and O–H groups in total. The van der Waals surface area contributed by atoms with Crippen molar-refractivity contribution in [1.29, 1.82) is 0 Å².